The predicted molar refractivity (Wildman–Crippen MR) is 105 cm³/mol. The van der Waals surface area contributed by atoms with Crippen molar-refractivity contribution >= 4 is 21.8 Å². The highest BCUT2D eigenvalue weighted by molar-refractivity contribution is 7.90. The number of nitrogens with zero attached hydrogens (tertiary/aromatic N) is 2. The van der Waals surface area contributed by atoms with E-state index < -0.39 is 15.7 Å². The van der Waals surface area contributed by atoms with E-state index in [1.165, 1.54) is 6.07 Å². The van der Waals surface area contributed by atoms with Crippen LogP contribution in [0.1, 0.15) is 31.2 Å². The van der Waals surface area contributed by atoms with E-state index in [-0.39, 0.29) is 28.3 Å². The number of rotatable bonds is 3. The molecule has 0 radical (unpaired) electrons. The fourth-order valence-electron chi connectivity index (χ4n) is 4.64. The van der Waals surface area contributed by atoms with Gasteiger partial charge in [-0.25, -0.2) is 17.6 Å². The number of sulfone groups is 1. The molecule has 9 heteroatoms. The first-order chi connectivity index (χ1) is 13.6. The first-order valence-corrected chi connectivity index (χ1v) is 11.9. The number of nitrogens with one attached hydrogen (secondary N) is 1. The molecular formula is C20H26FN3O4S. The molecule has 0 unspecified atom stereocenters. The molecule has 1 aromatic carbocycles. The van der Waals surface area contributed by atoms with Crippen LogP contribution in [0.3, 0.4) is 0 Å². The Hall–Kier alpha value is -2.16. The van der Waals surface area contributed by atoms with Crippen LogP contribution in [0.5, 0.6) is 0 Å². The molecule has 0 aliphatic carbocycles. The lowest BCUT2D eigenvalue weighted by atomic mass is 9.88. The fourth-order valence-corrected chi connectivity index (χ4v) is 5.34. The van der Waals surface area contributed by atoms with E-state index in [0.29, 0.717) is 44.6 Å². The zero-order valence-corrected chi connectivity index (χ0v) is 17.3. The molecule has 158 valence electrons. The van der Waals surface area contributed by atoms with Crippen LogP contribution in [0.2, 0.25) is 0 Å². The molecule has 1 spiro atoms. The number of carbonyl (C=O) groups is 2. The summed E-state index contributed by atoms with van der Waals surface area (Å²) in [5.74, 6) is -0.194. The molecule has 4 rings (SSSR count). The number of benzene rings is 1. The lowest BCUT2D eigenvalue weighted by molar-refractivity contribution is -0.120. The largest absolute Gasteiger partial charge is 0.347 e. The van der Waals surface area contributed by atoms with E-state index in [1.54, 1.807) is 11.0 Å². The zero-order chi connectivity index (χ0) is 20.8. The predicted octanol–water partition coefficient (Wildman–Crippen LogP) is 1.57. The Morgan fingerprint density at radius 3 is 2.48 bits per heavy atom. The summed E-state index contributed by atoms with van der Waals surface area (Å²) in [6, 6.07) is 4.00. The van der Waals surface area contributed by atoms with Crippen LogP contribution in [-0.2, 0) is 21.1 Å². The molecule has 3 fully saturated rings. The molecule has 3 saturated heterocycles. The van der Waals surface area contributed by atoms with Gasteiger partial charge in [-0.1, -0.05) is 0 Å². The summed E-state index contributed by atoms with van der Waals surface area (Å²) in [4.78, 5) is 27.8. The molecule has 3 aliphatic rings. The number of halogens is 1. The molecular weight excluding hydrogens is 397 g/mol. The molecule has 3 amide bonds. The van der Waals surface area contributed by atoms with E-state index in [2.05, 4.69) is 5.32 Å². The molecule has 1 aromatic rings. The average molecular weight is 424 g/mol. The van der Waals surface area contributed by atoms with Gasteiger partial charge in [0, 0.05) is 38.9 Å². The first kappa shape index (κ1) is 20.1. The second-order valence-electron chi connectivity index (χ2n) is 8.67. The van der Waals surface area contributed by atoms with Crippen molar-refractivity contribution < 1.29 is 22.4 Å². The monoisotopic (exact) mass is 423 g/mol. The van der Waals surface area contributed by atoms with Crippen molar-refractivity contribution in [3.8, 4) is 0 Å². The highest BCUT2D eigenvalue weighted by Crippen LogP contribution is 2.32. The second kappa shape index (κ2) is 7.27. The number of amides is 3. The number of urea groups is 1. The molecule has 29 heavy (non-hydrogen) atoms. The topological polar surface area (TPSA) is 86.8 Å². The van der Waals surface area contributed by atoms with Crippen LogP contribution in [0, 0.1) is 11.7 Å². The number of hydrogen-bond donors (Lipinski definition) is 1. The van der Waals surface area contributed by atoms with Gasteiger partial charge >= 0.3 is 6.03 Å². The summed E-state index contributed by atoms with van der Waals surface area (Å²) < 4.78 is 37.3. The van der Waals surface area contributed by atoms with E-state index >= 15 is 0 Å². The maximum Gasteiger partial charge on any atom is 0.320 e. The summed E-state index contributed by atoms with van der Waals surface area (Å²) in [7, 11) is -3.45. The van der Waals surface area contributed by atoms with Gasteiger partial charge in [0.05, 0.1) is 10.4 Å². The van der Waals surface area contributed by atoms with Crippen LogP contribution in [0.25, 0.3) is 0 Å². The Morgan fingerprint density at radius 2 is 1.90 bits per heavy atom. The number of likely N-dealkylation sites (tertiary alicyclic amines) is 2. The quantitative estimate of drug-likeness (QED) is 0.800. The number of piperidine rings is 1. The van der Waals surface area contributed by atoms with Gasteiger partial charge in [-0.3, -0.25) is 4.79 Å². The minimum absolute atomic E-state index is 0.00540. The van der Waals surface area contributed by atoms with Crippen LogP contribution >= 0.6 is 0 Å². The van der Waals surface area contributed by atoms with E-state index in [9.17, 15) is 22.4 Å². The fraction of sp³-hybridized carbons (Fsp3) is 0.600. The Bertz CT molecular complexity index is 935. The van der Waals surface area contributed by atoms with Gasteiger partial charge in [-0.2, -0.15) is 0 Å². The van der Waals surface area contributed by atoms with E-state index in [4.69, 9.17) is 0 Å². The third-order valence-electron chi connectivity index (χ3n) is 6.26. The molecule has 7 nitrogen and oxygen atoms in total. The molecule has 0 saturated carbocycles. The lowest BCUT2D eigenvalue weighted by Gasteiger charge is -2.49. The van der Waals surface area contributed by atoms with E-state index in [1.807, 2.05) is 4.90 Å². The Kier molecular flexibility index (Phi) is 5.04. The van der Waals surface area contributed by atoms with Crippen molar-refractivity contribution in [2.24, 2.45) is 5.92 Å². The summed E-state index contributed by atoms with van der Waals surface area (Å²) in [5.41, 5.74) is 0.469. The third kappa shape index (κ3) is 4.24. The van der Waals surface area contributed by atoms with Gasteiger partial charge in [-0.05, 0) is 55.4 Å². The van der Waals surface area contributed by atoms with Crippen LogP contribution < -0.4 is 5.32 Å². The maximum atomic E-state index is 13.8. The zero-order valence-electron chi connectivity index (χ0n) is 16.5. The van der Waals surface area contributed by atoms with Gasteiger partial charge < -0.3 is 15.1 Å². The molecule has 1 N–H and O–H groups in total. The SMILES string of the molecule is CS(=O)(=O)c1cc(F)cc(CC2CCN(C(=O)N3CC4(CCC(=O)N4)C3)CC2)c1. The van der Waals surface area contributed by atoms with Crippen molar-refractivity contribution in [1.29, 1.82) is 0 Å². The van der Waals surface area contributed by atoms with Gasteiger partial charge in [0.1, 0.15) is 5.82 Å². The molecule has 3 heterocycles. The van der Waals surface area contributed by atoms with Gasteiger partial charge in [0.25, 0.3) is 0 Å². The maximum absolute atomic E-state index is 13.8. The summed E-state index contributed by atoms with van der Waals surface area (Å²) in [6.07, 6.45) is 4.60. The highest BCUT2D eigenvalue weighted by Gasteiger charge is 2.50. The van der Waals surface area contributed by atoms with Crippen LogP contribution in [0.15, 0.2) is 23.1 Å². The van der Waals surface area contributed by atoms with Gasteiger partial charge in [-0.15, -0.1) is 0 Å². The minimum atomic E-state index is -3.45. The van der Waals surface area contributed by atoms with Crippen molar-refractivity contribution in [2.45, 2.75) is 42.5 Å². The molecule has 0 bridgehead atoms. The highest BCUT2D eigenvalue weighted by atomic mass is 32.2. The van der Waals surface area contributed by atoms with Crippen molar-refractivity contribution in [2.75, 3.05) is 32.4 Å². The van der Waals surface area contributed by atoms with E-state index in [0.717, 1.165) is 31.6 Å². The van der Waals surface area contributed by atoms with Crippen molar-refractivity contribution in [3.05, 3.63) is 29.6 Å². The second-order valence-corrected chi connectivity index (χ2v) is 10.7. The Labute approximate surface area is 170 Å². The normalized spacial score (nSPS) is 21.9. The average Bonchev–Trinajstić information content (AvgIpc) is 3.01. The standard InChI is InChI=1S/C20H26FN3O4S/c1-29(27,28)17-10-15(9-16(21)11-17)8-14-3-6-23(7-4-14)19(26)24-12-20(13-24)5-2-18(25)22-20/h9-11,14H,2-8,12-13H2,1H3,(H,22,25). The van der Waals surface area contributed by atoms with Crippen molar-refractivity contribution in [3.63, 3.8) is 0 Å². The summed E-state index contributed by atoms with van der Waals surface area (Å²) in [6.45, 7) is 2.42. The molecule has 3 aliphatic heterocycles. The van der Waals surface area contributed by atoms with Crippen LogP contribution in [-0.4, -0.2) is 68.1 Å². The van der Waals surface area contributed by atoms with Crippen molar-refractivity contribution in [1.82, 2.24) is 15.1 Å². The summed E-state index contributed by atoms with van der Waals surface area (Å²) in [5, 5.41) is 2.98. The molecule has 0 aromatic heterocycles. The smallest absolute Gasteiger partial charge is 0.320 e. The Morgan fingerprint density at radius 1 is 1.21 bits per heavy atom. The first-order valence-electron chi connectivity index (χ1n) is 9.98. The number of hydrogen-bond acceptors (Lipinski definition) is 4. The number of carbonyl (C=O) groups excluding carboxylic acids is 2. The lowest BCUT2D eigenvalue weighted by Crippen LogP contribution is -2.70. The van der Waals surface area contributed by atoms with Crippen LogP contribution in [0.4, 0.5) is 9.18 Å². The van der Waals surface area contributed by atoms with Gasteiger partial charge in [0.2, 0.25) is 5.91 Å². The summed E-state index contributed by atoms with van der Waals surface area (Å²) >= 11 is 0. The minimum Gasteiger partial charge on any atom is -0.347 e. The third-order valence-corrected chi connectivity index (χ3v) is 7.35. The van der Waals surface area contributed by atoms with Gasteiger partial charge in [0.15, 0.2) is 9.84 Å². The molecule has 0 atom stereocenters. The Balaban J connectivity index is 1.30.